The van der Waals surface area contributed by atoms with Gasteiger partial charge in [-0.3, -0.25) is 5.10 Å². The molecule has 0 unspecified atom stereocenters. The largest absolute Gasteiger partial charge is 0.368 e. The number of aromatic nitrogens is 5. The van der Waals surface area contributed by atoms with Gasteiger partial charge in [0.1, 0.15) is 0 Å². The number of nitrogen functional groups attached to an aromatic ring is 1. The van der Waals surface area contributed by atoms with Gasteiger partial charge in [0.15, 0.2) is 0 Å². The third-order valence-corrected chi connectivity index (χ3v) is 1.79. The normalized spacial score (nSPS) is 10.2. The van der Waals surface area contributed by atoms with Crippen LogP contribution in [0.2, 0.25) is 5.28 Å². The zero-order valence-electron chi connectivity index (χ0n) is 7.61. The second kappa shape index (κ2) is 4.09. The van der Waals surface area contributed by atoms with Crippen molar-refractivity contribution in [3.05, 3.63) is 23.2 Å². The second-order valence-electron chi connectivity index (χ2n) is 2.72. The smallest absolute Gasteiger partial charge is 0.229 e. The minimum Gasteiger partial charge on any atom is -0.368 e. The maximum Gasteiger partial charge on any atom is 0.229 e. The molecule has 2 aromatic heterocycles. The summed E-state index contributed by atoms with van der Waals surface area (Å²) in [5, 5.41) is 9.58. The Bertz CT molecular complexity index is 420. The summed E-state index contributed by atoms with van der Waals surface area (Å²) in [6.45, 7) is 0.514. The zero-order chi connectivity index (χ0) is 10.7. The first kappa shape index (κ1) is 9.66. The highest BCUT2D eigenvalue weighted by molar-refractivity contribution is 6.28. The van der Waals surface area contributed by atoms with Crippen LogP contribution in [0.3, 0.4) is 0 Å². The molecule has 8 heteroatoms. The number of hydrogen-bond acceptors (Lipinski definition) is 6. The summed E-state index contributed by atoms with van der Waals surface area (Å²) in [4.78, 5) is 11.4. The topological polar surface area (TPSA) is 105 Å². The van der Waals surface area contributed by atoms with Crippen LogP contribution in [0.25, 0.3) is 0 Å². The van der Waals surface area contributed by atoms with E-state index in [1.54, 1.807) is 6.20 Å². The fourth-order valence-corrected chi connectivity index (χ4v) is 1.17. The van der Waals surface area contributed by atoms with Crippen molar-refractivity contribution in [1.82, 2.24) is 25.1 Å². The number of nitrogens with zero attached hydrogens (tertiary/aromatic N) is 4. The summed E-state index contributed by atoms with van der Waals surface area (Å²) in [5.41, 5.74) is 6.31. The van der Waals surface area contributed by atoms with Gasteiger partial charge in [-0.05, 0) is 17.7 Å². The highest BCUT2D eigenvalue weighted by Gasteiger charge is 2.02. The molecule has 0 amide bonds. The maximum atomic E-state index is 5.61. The van der Waals surface area contributed by atoms with E-state index in [9.17, 15) is 0 Å². The predicted octanol–water partition coefficient (Wildman–Crippen LogP) is 0.442. The third-order valence-electron chi connectivity index (χ3n) is 1.62. The van der Waals surface area contributed by atoms with Gasteiger partial charge in [0, 0.05) is 6.20 Å². The first-order valence-corrected chi connectivity index (χ1v) is 4.51. The van der Waals surface area contributed by atoms with E-state index in [-0.39, 0.29) is 11.2 Å². The lowest BCUT2D eigenvalue weighted by atomic mass is 10.4. The number of nitrogens with one attached hydrogen (secondary N) is 2. The monoisotopic (exact) mass is 225 g/mol. The lowest BCUT2D eigenvalue weighted by molar-refractivity contribution is 0.952. The fourth-order valence-electron chi connectivity index (χ4n) is 1.00. The highest BCUT2D eigenvalue weighted by atomic mass is 35.5. The van der Waals surface area contributed by atoms with Gasteiger partial charge < -0.3 is 11.1 Å². The van der Waals surface area contributed by atoms with Crippen molar-refractivity contribution in [2.24, 2.45) is 0 Å². The Labute approximate surface area is 90.1 Å². The van der Waals surface area contributed by atoms with Gasteiger partial charge in [0.25, 0.3) is 0 Å². The molecule has 0 aromatic carbocycles. The molecule has 7 nitrogen and oxygen atoms in total. The van der Waals surface area contributed by atoms with Gasteiger partial charge >= 0.3 is 0 Å². The van der Waals surface area contributed by atoms with Gasteiger partial charge in [0.2, 0.25) is 17.2 Å². The summed E-state index contributed by atoms with van der Waals surface area (Å²) in [5.74, 6) is 0.421. The number of aromatic amines is 1. The van der Waals surface area contributed by atoms with E-state index in [0.29, 0.717) is 12.5 Å². The molecular formula is C7H8ClN7. The average molecular weight is 226 g/mol. The number of anilines is 2. The van der Waals surface area contributed by atoms with E-state index < -0.39 is 0 Å². The van der Waals surface area contributed by atoms with Gasteiger partial charge in [-0.15, -0.1) is 0 Å². The Kier molecular flexibility index (Phi) is 2.64. The molecule has 4 N–H and O–H groups in total. The lowest BCUT2D eigenvalue weighted by Crippen LogP contribution is -2.07. The van der Waals surface area contributed by atoms with Crippen LogP contribution < -0.4 is 11.1 Å². The van der Waals surface area contributed by atoms with Gasteiger partial charge in [0.05, 0.1) is 12.2 Å². The van der Waals surface area contributed by atoms with Gasteiger partial charge in [-0.1, -0.05) is 0 Å². The van der Waals surface area contributed by atoms with E-state index in [4.69, 9.17) is 17.3 Å². The molecule has 0 saturated carbocycles. The zero-order valence-corrected chi connectivity index (χ0v) is 8.36. The molecule has 0 saturated heterocycles. The van der Waals surface area contributed by atoms with Crippen molar-refractivity contribution in [2.75, 3.05) is 11.1 Å². The lowest BCUT2D eigenvalue weighted by Gasteiger charge is -2.02. The molecule has 2 heterocycles. The van der Waals surface area contributed by atoms with Crippen LogP contribution in [-0.2, 0) is 6.54 Å². The number of hydrogen-bond donors (Lipinski definition) is 3. The first-order chi connectivity index (χ1) is 7.24. The molecule has 0 fully saturated rings. The van der Waals surface area contributed by atoms with E-state index in [2.05, 4.69) is 30.5 Å². The molecule has 0 aliphatic rings. The molecule has 0 radical (unpaired) electrons. The molecule has 2 rings (SSSR count). The molecule has 15 heavy (non-hydrogen) atoms. The second-order valence-corrected chi connectivity index (χ2v) is 3.06. The molecule has 0 atom stereocenters. The Morgan fingerprint density at radius 2 is 2.27 bits per heavy atom. The number of nitrogens with two attached hydrogens (primary N) is 1. The molecule has 0 bridgehead atoms. The van der Waals surface area contributed by atoms with Crippen LogP contribution in [-0.4, -0.2) is 25.1 Å². The highest BCUT2D eigenvalue weighted by Crippen LogP contribution is 2.07. The Balaban J connectivity index is 2.05. The van der Waals surface area contributed by atoms with E-state index in [0.717, 1.165) is 5.69 Å². The van der Waals surface area contributed by atoms with Gasteiger partial charge in [-0.2, -0.15) is 20.1 Å². The Morgan fingerprint density at radius 3 is 2.93 bits per heavy atom. The molecular weight excluding hydrogens is 218 g/mol. The van der Waals surface area contributed by atoms with Crippen molar-refractivity contribution in [3.8, 4) is 0 Å². The Morgan fingerprint density at radius 1 is 1.40 bits per heavy atom. The van der Waals surface area contributed by atoms with Crippen LogP contribution >= 0.6 is 11.6 Å². The van der Waals surface area contributed by atoms with Crippen molar-refractivity contribution in [2.45, 2.75) is 6.54 Å². The summed E-state index contributed by atoms with van der Waals surface area (Å²) in [6.07, 6.45) is 1.66. The molecule has 0 aliphatic heterocycles. The van der Waals surface area contributed by atoms with Crippen LogP contribution in [0.15, 0.2) is 12.3 Å². The van der Waals surface area contributed by atoms with Crippen LogP contribution in [0, 0.1) is 0 Å². The Hall–Kier alpha value is -1.89. The van der Waals surface area contributed by atoms with Crippen LogP contribution in [0.4, 0.5) is 11.9 Å². The van der Waals surface area contributed by atoms with Crippen molar-refractivity contribution < 1.29 is 0 Å². The summed E-state index contributed by atoms with van der Waals surface area (Å²) in [6, 6.07) is 1.83. The van der Waals surface area contributed by atoms with Crippen molar-refractivity contribution >= 4 is 23.5 Å². The minimum atomic E-state index is 0.0645. The standard InChI is InChI=1S/C7H8ClN7/c8-5-12-6(9)14-7(13-5)10-3-4-1-2-11-15-4/h1-2H,3H2,(H,11,15)(H3,9,10,12,13,14). The molecule has 0 spiro atoms. The van der Waals surface area contributed by atoms with Crippen LogP contribution in [0.5, 0.6) is 0 Å². The van der Waals surface area contributed by atoms with E-state index >= 15 is 0 Å². The minimum absolute atomic E-state index is 0.0645. The molecule has 2 aromatic rings. The molecule has 78 valence electrons. The number of halogens is 1. The quantitative estimate of drug-likeness (QED) is 0.700. The third kappa shape index (κ3) is 2.53. The predicted molar refractivity (Wildman–Crippen MR) is 55.2 cm³/mol. The van der Waals surface area contributed by atoms with E-state index in [1.807, 2.05) is 6.07 Å². The SMILES string of the molecule is Nc1nc(Cl)nc(NCc2ccn[nH]2)n1. The van der Waals surface area contributed by atoms with Gasteiger partial charge in [-0.25, -0.2) is 0 Å². The fraction of sp³-hybridized carbons (Fsp3) is 0.143. The maximum absolute atomic E-state index is 5.61. The van der Waals surface area contributed by atoms with Crippen molar-refractivity contribution in [3.63, 3.8) is 0 Å². The number of rotatable bonds is 3. The summed E-state index contributed by atoms with van der Waals surface area (Å²) < 4.78 is 0. The number of H-pyrrole nitrogens is 1. The van der Waals surface area contributed by atoms with E-state index in [1.165, 1.54) is 0 Å². The average Bonchev–Trinajstić information content (AvgIpc) is 2.65. The summed E-state index contributed by atoms with van der Waals surface area (Å²) >= 11 is 5.61. The van der Waals surface area contributed by atoms with Crippen molar-refractivity contribution in [1.29, 1.82) is 0 Å². The first-order valence-electron chi connectivity index (χ1n) is 4.13. The summed E-state index contributed by atoms with van der Waals surface area (Å²) in [7, 11) is 0. The molecule has 0 aliphatic carbocycles. The van der Waals surface area contributed by atoms with Crippen LogP contribution in [0.1, 0.15) is 5.69 Å².